The van der Waals surface area contributed by atoms with E-state index in [-0.39, 0.29) is 6.04 Å². The van der Waals surface area contributed by atoms with Gasteiger partial charge in [0.1, 0.15) is 5.75 Å². The molecule has 2 heterocycles. The smallest absolute Gasteiger partial charge is 0.191 e. The first kappa shape index (κ1) is 15.6. The average Bonchev–Trinajstić information content (AvgIpc) is 2.98. The third-order valence-corrected chi connectivity index (χ3v) is 4.16. The fourth-order valence-corrected chi connectivity index (χ4v) is 3.06. The van der Waals surface area contributed by atoms with E-state index in [2.05, 4.69) is 20.3 Å². The lowest BCUT2D eigenvalue weighted by Gasteiger charge is -2.18. The number of hydrogen-bond acceptors (Lipinski definition) is 7. The van der Waals surface area contributed by atoms with E-state index in [9.17, 15) is 0 Å². The van der Waals surface area contributed by atoms with Crippen molar-refractivity contribution in [3.8, 4) is 5.75 Å². The first-order valence-corrected chi connectivity index (χ1v) is 8.17. The molecule has 2 aromatic heterocycles. The predicted octanol–water partition coefficient (Wildman–Crippen LogP) is 3.28. The largest absolute Gasteiger partial charge is 0.494 e. The summed E-state index contributed by atoms with van der Waals surface area (Å²) in [6.07, 6.45) is 3.31. The minimum Gasteiger partial charge on any atom is -0.494 e. The molecule has 0 spiro atoms. The number of rotatable bonds is 7. The van der Waals surface area contributed by atoms with Crippen LogP contribution < -0.4 is 10.1 Å². The van der Waals surface area contributed by atoms with Gasteiger partial charge in [0.2, 0.25) is 0 Å². The molecule has 120 valence electrons. The van der Waals surface area contributed by atoms with E-state index in [1.807, 2.05) is 31.2 Å². The molecule has 0 bridgehead atoms. The second kappa shape index (κ2) is 7.34. The molecular formula is C16H18N4O2S. The molecule has 3 rings (SSSR count). The summed E-state index contributed by atoms with van der Waals surface area (Å²) >= 11 is 1.48. The number of nitrogens with one attached hydrogen (secondary N) is 1. The second-order valence-corrected chi connectivity index (χ2v) is 5.84. The molecule has 1 atom stereocenters. The number of methoxy groups -OCH3 is 1. The van der Waals surface area contributed by atoms with Crippen LogP contribution >= 0.6 is 11.3 Å². The van der Waals surface area contributed by atoms with Gasteiger partial charge in [-0.05, 0) is 24.6 Å². The summed E-state index contributed by atoms with van der Waals surface area (Å²) in [5.41, 5.74) is 1.76. The molecule has 23 heavy (non-hydrogen) atoms. The van der Waals surface area contributed by atoms with Crippen LogP contribution in [0.25, 0.3) is 10.5 Å². The Labute approximate surface area is 138 Å². The van der Waals surface area contributed by atoms with Crippen molar-refractivity contribution in [2.75, 3.05) is 25.6 Å². The molecule has 7 heteroatoms. The van der Waals surface area contributed by atoms with Crippen LogP contribution in [-0.4, -0.2) is 35.3 Å². The predicted molar refractivity (Wildman–Crippen MR) is 91.1 cm³/mol. The first-order chi connectivity index (χ1) is 11.3. The van der Waals surface area contributed by atoms with E-state index in [1.54, 1.807) is 19.5 Å². The highest BCUT2D eigenvalue weighted by Crippen LogP contribution is 2.27. The fourth-order valence-electron chi connectivity index (χ4n) is 2.24. The van der Waals surface area contributed by atoms with Gasteiger partial charge < -0.3 is 14.8 Å². The van der Waals surface area contributed by atoms with Crippen molar-refractivity contribution < 1.29 is 9.47 Å². The number of hydrogen-bond donors (Lipinski definition) is 1. The molecule has 0 aliphatic rings. The normalized spacial score (nSPS) is 12.3. The van der Waals surface area contributed by atoms with Gasteiger partial charge in [-0.2, -0.15) is 4.98 Å². The van der Waals surface area contributed by atoms with Gasteiger partial charge in [-0.1, -0.05) is 23.5 Å². The van der Waals surface area contributed by atoms with Gasteiger partial charge >= 0.3 is 0 Å². The molecule has 1 aromatic carbocycles. The van der Waals surface area contributed by atoms with E-state index in [1.165, 1.54) is 11.3 Å². The standard InChI is InChI=1S/C16H18N4O2S/c1-3-22-12-6-4-11(5-7-12)13(10-21-2)19-16-20-14-15(23-16)18-9-8-17-14/h4-9,13H,3,10H2,1-2H3,(H,17,19,20). The number of thiazole rings is 1. The maximum Gasteiger partial charge on any atom is 0.191 e. The quantitative estimate of drug-likeness (QED) is 0.717. The zero-order chi connectivity index (χ0) is 16.1. The van der Waals surface area contributed by atoms with Crippen molar-refractivity contribution in [2.45, 2.75) is 13.0 Å². The van der Waals surface area contributed by atoms with E-state index in [0.717, 1.165) is 21.3 Å². The van der Waals surface area contributed by atoms with E-state index < -0.39 is 0 Å². The van der Waals surface area contributed by atoms with E-state index >= 15 is 0 Å². The van der Waals surface area contributed by atoms with Crippen molar-refractivity contribution in [2.24, 2.45) is 0 Å². The molecule has 0 saturated heterocycles. The highest BCUT2D eigenvalue weighted by Gasteiger charge is 2.14. The van der Waals surface area contributed by atoms with Crippen molar-refractivity contribution in [3.05, 3.63) is 42.2 Å². The van der Waals surface area contributed by atoms with Gasteiger partial charge in [0.05, 0.1) is 19.3 Å². The number of ether oxygens (including phenoxy) is 2. The van der Waals surface area contributed by atoms with Gasteiger partial charge in [0.15, 0.2) is 15.6 Å². The minimum absolute atomic E-state index is 0.00348. The Morgan fingerprint density at radius 3 is 2.65 bits per heavy atom. The number of aromatic nitrogens is 3. The Hall–Kier alpha value is -2.25. The molecule has 0 radical (unpaired) electrons. The van der Waals surface area contributed by atoms with Crippen LogP contribution in [0.3, 0.4) is 0 Å². The summed E-state index contributed by atoms with van der Waals surface area (Å²) in [6.45, 7) is 3.16. The Morgan fingerprint density at radius 1 is 1.17 bits per heavy atom. The van der Waals surface area contributed by atoms with Crippen LogP contribution in [0.4, 0.5) is 5.13 Å². The summed E-state index contributed by atoms with van der Waals surface area (Å²) < 4.78 is 10.8. The third kappa shape index (κ3) is 3.75. The topological polar surface area (TPSA) is 69.2 Å². The maximum atomic E-state index is 5.48. The number of anilines is 1. The highest BCUT2D eigenvalue weighted by molar-refractivity contribution is 7.21. The monoisotopic (exact) mass is 330 g/mol. The average molecular weight is 330 g/mol. The van der Waals surface area contributed by atoms with Crippen molar-refractivity contribution >= 4 is 26.9 Å². The van der Waals surface area contributed by atoms with Crippen molar-refractivity contribution in [1.29, 1.82) is 0 Å². The Morgan fingerprint density at radius 2 is 1.96 bits per heavy atom. The summed E-state index contributed by atoms with van der Waals surface area (Å²) in [4.78, 5) is 13.8. The molecule has 0 fully saturated rings. The molecule has 3 aromatic rings. The van der Waals surface area contributed by atoms with Crippen LogP contribution in [0.1, 0.15) is 18.5 Å². The molecule has 1 N–H and O–H groups in total. The SMILES string of the molecule is CCOc1ccc(C(COC)Nc2nc3nccnc3s2)cc1. The molecule has 0 saturated carbocycles. The van der Waals surface area contributed by atoms with Gasteiger partial charge in [-0.15, -0.1) is 0 Å². The summed E-state index contributed by atoms with van der Waals surface area (Å²) in [7, 11) is 1.69. The zero-order valence-electron chi connectivity index (χ0n) is 13.0. The van der Waals surface area contributed by atoms with Gasteiger partial charge in [0, 0.05) is 19.5 Å². The summed E-state index contributed by atoms with van der Waals surface area (Å²) in [5, 5.41) is 4.18. The second-order valence-electron chi connectivity index (χ2n) is 4.86. The Bertz CT molecular complexity index is 727. The van der Waals surface area contributed by atoms with Gasteiger partial charge in [0.25, 0.3) is 0 Å². The summed E-state index contributed by atoms with van der Waals surface area (Å²) in [6, 6.07) is 7.99. The van der Waals surface area contributed by atoms with Crippen LogP contribution in [-0.2, 0) is 4.74 Å². The van der Waals surface area contributed by atoms with Crippen LogP contribution in [0.2, 0.25) is 0 Å². The van der Waals surface area contributed by atoms with Gasteiger partial charge in [-0.3, -0.25) is 0 Å². The minimum atomic E-state index is -0.00348. The lowest BCUT2D eigenvalue weighted by Crippen LogP contribution is -2.16. The van der Waals surface area contributed by atoms with Crippen molar-refractivity contribution in [3.63, 3.8) is 0 Å². The maximum absolute atomic E-state index is 5.48. The number of nitrogens with zero attached hydrogens (tertiary/aromatic N) is 3. The molecule has 1 unspecified atom stereocenters. The molecule has 0 aliphatic heterocycles. The number of benzene rings is 1. The Kier molecular flexibility index (Phi) is 4.99. The van der Waals surface area contributed by atoms with Crippen LogP contribution in [0, 0.1) is 0 Å². The number of fused-ring (bicyclic) bond motifs is 1. The highest BCUT2D eigenvalue weighted by atomic mass is 32.1. The third-order valence-electron chi connectivity index (χ3n) is 3.27. The van der Waals surface area contributed by atoms with Crippen molar-refractivity contribution in [1.82, 2.24) is 15.0 Å². The zero-order valence-corrected chi connectivity index (χ0v) is 13.8. The Balaban J connectivity index is 1.80. The lowest BCUT2D eigenvalue weighted by atomic mass is 10.1. The van der Waals surface area contributed by atoms with Gasteiger partial charge in [-0.25, -0.2) is 9.97 Å². The van der Waals surface area contributed by atoms with E-state index in [4.69, 9.17) is 9.47 Å². The van der Waals surface area contributed by atoms with E-state index in [0.29, 0.717) is 18.9 Å². The van der Waals surface area contributed by atoms with Crippen LogP contribution in [0.5, 0.6) is 5.75 Å². The molecule has 0 aliphatic carbocycles. The molecule has 0 amide bonds. The molecule has 6 nitrogen and oxygen atoms in total. The van der Waals surface area contributed by atoms with Crippen LogP contribution in [0.15, 0.2) is 36.7 Å². The summed E-state index contributed by atoms with van der Waals surface area (Å²) in [5.74, 6) is 0.862. The fraction of sp³-hybridized carbons (Fsp3) is 0.312. The lowest BCUT2D eigenvalue weighted by molar-refractivity contribution is 0.186. The first-order valence-electron chi connectivity index (χ1n) is 7.36. The molecular weight excluding hydrogens is 312 g/mol.